The lowest BCUT2D eigenvalue weighted by atomic mass is 9.88. The van der Waals surface area contributed by atoms with Crippen LogP contribution in [0.4, 0.5) is 0 Å². The van der Waals surface area contributed by atoms with E-state index in [1.807, 2.05) is 0 Å². The van der Waals surface area contributed by atoms with E-state index in [4.69, 9.17) is 5.73 Å². The SMILES string of the molecule is CC[N+](CC)C1(N)CCCCC1. The first kappa shape index (κ1) is 10.0. The van der Waals surface area contributed by atoms with Gasteiger partial charge in [-0.3, -0.25) is 5.73 Å². The molecule has 1 aliphatic rings. The van der Waals surface area contributed by atoms with E-state index in [0.29, 0.717) is 0 Å². The van der Waals surface area contributed by atoms with Gasteiger partial charge in [0.25, 0.3) is 0 Å². The molecular weight excluding hydrogens is 148 g/mol. The molecule has 0 saturated heterocycles. The van der Waals surface area contributed by atoms with Gasteiger partial charge in [-0.15, -0.1) is 0 Å². The second kappa shape index (κ2) is 4.24. The first-order chi connectivity index (χ1) is 5.73. The molecule has 0 bridgehead atoms. The Labute approximate surface area is 76.1 Å². The molecule has 1 fully saturated rings. The van der Waals surface area contributed by atoms with Crippen molar-refractivity contribution in [3.8, 4) is 0 Å². The zero-order valence-corrected chi connectivity index (χ0v) is 8.47. The van der Waals surface area contributed by atoms with Crippen LogP contribution in [0.25, 0.3) is 0 Å². The van der Waals surface area contributed by atoms with E-state index in [2.05, 4.69) is 18.7 Å². The van der Waals surface area contributed by atoms with Gasteiger partial charge in [-0.1, -0.05) is 6.42 Å². The standard InChI is InChI=1S/C10H22N2/c1-3-12(4-2)10(11)8-6-5-7-9-10/h3-9,11H2,1-2H3/q+1. The molecular formula is C10H22N2+. The van der Waals surface area contributed by atoms with Gasteiger partial charge in [0, 0.05) is 12.8 Å². The fourth-order valence-electron chi connectivity index (χ4n) is 2.33. The van der Waals surface area contributed by atoms with Crippen molar-refractivity contribution in [3.05, 3.63) is 0 Å². The third-order valence-electron chi connectivity index (χ3n) is 3.11. The van der Waals surface area contributed by atoms with Crippen LogP contribution in [0, 0.1) is 0 Å². The van der Waals surface area contributed by atoms with E-state index in [1.165, 1.54) is 32.1 Å². The van der Waals surface area contributed by atoms with Crippen molar-refractivity contribution in [3.63, 3.8) is 0 Å². The van der Waals surface area contributed by atoms with Gasteiger partial charge in [-0.05, 0) is 26.7 Å². The highest BCUT2D eigenvalue weighted by atomic mass is 15.3. The quantitative estimate of drug-likeness (QED) is 0.508. The summed E-state index contributed by atoms with van der Waals surface area (Å²) in [6.45, 7) is 6.58. The lowest BCUT2D eigenvalue weighted by Crippen LogP contribution is -2.60. The third kappa shape index (κ3) is 1.99. The molecule has 12 heavy (non-hydrogen) atoms. The lowest BCUT2D eigenvalue weighted by molar-refractivity contribution is 0.147. The van der Waals surface area contributed by atoms with Gasteiger partial charge in [0.15, 0.2) is 5.66 Å². The van der Waals surface area contributed by atoms with Gasteiger partial charge >= 0.3 is 0 Å². The largest absolute Gasteiger partial charge is 0.275 e. The summed E-state index contributed by atoms with van der Waals surface area (Å²) in [5, 5.41) is 0. The molecule has 1 rings (SSSR count). The van der Waals surface area contributed by atoms with E-state index < -0.39 is 0 Å². The first-order valence-corrected chi connectivity index (χ1v) is 5.27. The summed E-state index contributed by atoms with van der Waals surface area (Å²) < 4.78 is 0. The summed E-state index contributed by atoms with van der Waals surface area (Å²) in [5.41, 5.74) is 6.38. The minimum absolute atomic E-state index is 0.0295. The molecule has 1 radical (unpaired) electrons. The van der Waals surface area contributed by atoms with Gasteiger partial charge < -0.3 is 0 Å². The number of hydrogen-bond donors (Lipinski definition) is 1. The zero-order chi connectivity index (χ0) is 9.03. The number of nitrogens with two attached hydrogens (primary N) is 1. The number of nitrogens with zero attached hydrogens (tertiary/aromatic N) is 1. The highest BCUT2D eigenvalue weighted by Gasteiger charge is 2.40. The molecule has 0 spiro atoms. The number of hydrogen-bond acceptors (Lipinski definition) is 2. The van der Waals surface area contributed by atoms with E-state index in [0.717, 1.165) is 13.1 Å². The molecule has 2 nitrogen and oxygen atoms in total. The van der Waals surface area contributed by atoms with Crippen LogP contribution in [0.15, 0.2) is 0 Å². The second-order valence-corrected chi connectivity index (χ2v) is 3.84. The van der Waals surface area contributed by atoms with E-state index >= 15 is 0 Å². The Morgan fingerprint density at radius 2 is 1.58 bits per heavy atom. The van der Waals surface area contributed by atoms with Crippen molar-refractivity contribution in [1.82, 2.24) is 4.90 Å². The molecule has 1 saturated carbocycles. The minimum Gasteiger partial charge on any atom is -0.275 e. The Morgan fingerprint density at radius 1 is 1.08 bits per heavy atom. The van der Waals surface area contributed by atoms with Gasteiger partial charge in [0.1, 0.15) is 13.1 Å². The molecule has 1 aliphatic carbocycles. The van der Waals surface area contributed by atoms with E-state index in [-0.39, 0.29) is 5.66 Å². The lowest BCUT2D eigenvalue weighted by Gasteiger charge is -2.34. The Morgan fingerprint density at radius 3 is 2.00 bits per heavy atom. The smallest absolute Gasteiger partial charge is 0.193 e. The Bertz CT molecular complexity index is 124. The summed E-state index contributed by atoms with van der Waals surface area (Å²) in [6, 6.07) is 0. The predicted octanol–water partition coefficient (Wildman–Crippen LogP) is 1.79. The van der Waals surface area contributed by atoms with E-state index in [9.17, 15) is 0 Å². The molecule has 0 aromatic heterocycles. The Kier molecular flexibility index (Phi) is 3.53. The van der Waals surface area contributed by atoms with Crippen LogP contribution in [0.2, 0.25) is 0 Å². The van der Waals surface area contributed by atoms with Crippen molar-refractivity contribution >= 4 is 0 Å². The molecule has 2 heteroatoms. The van der Waals surface area contributed by atoms with Gasteiger partial charge in [0.05, 0.1) is 0 Å². The van der Waals surface area contributed by atoms with Crippen molar-refractivity contribution in [2.45, 2.75) is 51.6 Å². The van der Waals surface area contributed by atoms with Crippen molar-refractivity contribution in [2.75, 3.05) is 13.1 Å². The second-order valence-electron chi connectivity index (χ2n) is 3.84. The third-order valence-corrected chi connectivity index (χ3v) is 3.11. The van der Waals surface area contributed by atoms with Crippen molar-refractivity contribution < 1.29 is 0 Å². The van der Waals surface area contributed by atoms with E-state index in [1.54, 1.807) is 0 Å². The van der Waals surface area contributed by atoms with Crippen LogP contribution in [-0.2, 0) is 0 Å². The van der Waals surface area contributed by atoms with Gasteiger partial charge in [-0.25, -0.2) is 0 Å². The molecule has 2 N–H and O–H groups in total. The van der Waals surface area contributed by atoms with Crippen LogP contribution in [0.3, 0.4) is 0 Å². The minimum atomic E-state index is 0.0295. The fraction of sp³-hybridized carbons (Fsp3) is 1.00. The topological polar surface area (TPSA) is 31.9 Å². The maximum absolute atomic E-state index is 6.35. The van der Waals surface area contributed by atoms with Crippen LogP contribution < -0.4 is 10.6 Å². The van der Waals surface area contributed by atoms with Crippen molar-refractivity contribution in [1.29, 1.82) is 0 Å². The number of rotatable bonds is 3. The maximum Gasteiger partial charge on any atom is 0.193 e. The van der Waals surface area contributed by atoms with Crippen LogP contribution >= 0.6 is 0 Å². The maximum atomic E-state index is 6.35. The zero-order valence-electron chi connectivity index (χ0n) is 8.47. The Balaban J connectivity index is 2.53. The highest BCUT2D eigenvalue weighted by molar-refractivity contribution is 4.90. The summed E-state index contributed by atoms with van der Waals surface area (Å²) in [5.74, 6) is 0. The summed E-state index contributed by atoms with van der Waals surface area (Å²) in [7, 11) is 0. The fourth-order valence-corrected chi connectivity index (χ4v) is 2.33. The molecule has 0 unspecified atom stereocenters. The van der Waals surface area contributed by atoms with Gasteiger partial charge in [0.2, 0.25) is 0 Å². The first-order valence-electron chi connectivity index (χ1n) is 5.27. The average Bonchev–Trinajstić information content (AvgIpc) is 2.07. The van der Waals surface area contributed by atoms with Crippen molar-refractivity contribution in [2.24, 2.45) is 5.73 Å². The summed E-state index contributed by atoms with van der Waals surface area (Å²) >= 11 is 0. The van der Waals surface area contributed by atoms with Gasteiger partial charge in [-0.2, -0.15) is 4.90 Å². The molecule has 0 amide bonds. The summed E-state index contributed by atoms with van der Waals surface area (Å²) in [6.07, 6.45) is 6.38. The predicted molar refractivity (Wildman–Crippen MR) is 53.2 cm³/mol. The highest BCUT2D eigenvalue weighted by Crippen LogP contribution is 2.27. The summed E-state index contributed by atoms with van der Waals surface area (Å²) in [4.78, 5) is 2.41. The Hall–Kier alpha value is -0.0800. The molecule has 71 valence electrons. The molecule has 0 atom stereocenters. The molecule has 0 heterocycles. The van der Waals surface area contributed by atoms with Crippen LogP contribution in [0.5, 0.6) is 0 Å². The molecule has 0 aliphatic heterocycles. The monoisotopic (exact) mass is 170 g/mol. The normalized spacial score (nSPS) is 23.0. The average molecular weight is 170 g/mol. The van der Waals surface area contributed by atoms with Crippen LogP contribution in [0.1, 0.15) is 46.0 Å². The molecule has 0 aromatic rings. The van der Waals surface area contributed by atoms with Crippen LogP contribution in [-0.4, -0.2) is 18.8 Å². The molecule has 0 aromatic carbocycles.